The van der Waals surface area contributed by atoms with E-state index in [0.717, 1.165) is 16.1 Å². The number of nitrogens with zero attached hydrogens (tertiary/aromatic N) is 4. The van der Waals surface area contributed by atoms with Crippen molar-refractivity contribution in [3.8, 4) is 5.75 Å². The lowest BCUT2D eigenvalue weighted by Gasteiger charge is -2.32. The number of rotatable bonds is 12. The van der Waals surface area contributed by atoms with E-state index in [4.69, 9.17) is 4.74 Å². The van der Waals surface area contributed by atoms with Crippen molar-refractivity contribution in [3.05, 3.63) is 70.5 Å². The van der Waals surface area contributed by atoms with Crippen molar-refractivity contribution in [1.29, 1.82) is 0 Å². The number of carbonyl (C=O) groups excluding carboxylic acids is 1. The van der Waals surface area contributed by atoms with E-state index >= 15 is 0 Å². The van der Waals surface area contributed by atoms with Crippen molar-refractivity contribution in [2.45, 2.75) is 51.3 Å². The van der Waals surface area contributed by atoms with Crippen LogP contribution in [0.25, 0.3) is 0 Å². The third kappa shape index (κ3) is 9.50. The third-order valence-electron chi connectivity index (χ3n) is 7.91. The quantitative estimate of drug-likeness (QED) is 0.251. The molecular formula is C31H37F5N6O4S. The maximum atomic E-state index is 13.9. The van der Waals surface area contributed by atoms with Gasteiger partial charge in [-0.05, 0) is 68.0 Å². The Morgan fingerprint density at radius 3 is 2.45 bits per heavy atom. The summed E-state index contributed by atoms with van der Waals surface area (Å²) in [7, 11) is -0.874. The molecule has 1 aliphatic rings. The highest BCUT2D eigenvalue weighted by Gasteiger charge is 2.35. The van der Waals surface area contributed by atoms with E-state index in [1.54, 1.807) is 30.0 Å². The fourth-order valence-electron chi connectivity index (χ4n) is 5.29. The summed E-state index contributed by atoms with van der Waals surface area (Å²) in [5, 5.41) is 5.78. The molecule has 2 N–H and O–H groups in total. The standard InChI is InChI=1S/C31H37F5N6O4S/c1-19-5-6-20(26(15-19)41(2)47(4,44)45)7-9-24-23(31(34,35)36)17-37-30(39-24)40-25-10-8-21(16-27(25)46-3)29(43)38-22-11-13-42(14-12-22)18-28(32)33/h5-6,8,10,15-17,22,28H,7,9,11-14,18H2,1-4H3,(H,38,43)(H,37,39,40). The number of nitrogens with one attached hydrogen (secondary N) is 2. The second kappa shape index (κ2) is 14.8. The summed E-state index contributed by atoms with van der Waals surface area (Å²) >= 11 is 0. The first-order chi connectivity index (χ1) is 22.0. The van der Waals surface area contributed by atoms with Gasteiger partial charge in [-0.15, -0.1) is 0 Å². The molecule has 1 amide bonds. The maximum absolute atomic E-state index is 13.9. The average molecular weight is 685 g/mol. The second-order valence-electron chi connectivity index (χ2n) is 11.4. The number of amides is 1. The van der Waals surface area contributed by atoms with Gasteiger partial charge < -0.3 is 15.4 Å². The molecule has 2 heterocycles. The van der Waals surface area contributed by atoms with E-state index in [9.17, 15) is 35.2 Å². The van der Waals surface area contributed by atoms with Crippen LogP contribution in [-0.4, -0.2) is 81.7 Å². The Balaban J connectivity index is 1.51. The number of aryl methyl sites for hydroxylation is 3. The molecule has 2 aromatic carbocycles. The van der Waals surface area contributed by atoms with E-state index in [1.807, 2.05) is 0 Å². The lowest BCUT2D eigenvalue weighted by Crippen LogP contribution is -2.45. The molecule has 256 valence electrons. The minimum Gasteiger partial charge on any atom is -0.495 e. The molecule has 0 spiro atoms. The van der Waals surface area contributed by atoms with Crippen molar-refractivity contribution in [1.82, 2.24) is 20.2 Å². The number of anilines is 3. The zero-order valence-electron chi connectivity index (χ0n) is 26.4. The lowest BCUT2D eigenvalue weighted by atomic mass is 10.0. The Morgan fingerprint density at radius 1 is 1.13 bits per heavy atom. The zero-order valence-corrected chi connectivity index (χ0v) is 27.2. The predicted molar refractivity (Wildman–Crippen MR) is 168 cm³/mol. The van der Waals surface area contributed by atoms with Crippen molar-refractivity contribution < 1.29 is 39.9 Å². The molecule has 0 unspecified atom stereocenters. The van der Waals surface area contributed by atoms with Gasteiger partial charge in [-0.3, -0.25) is 14.0 Å². The van der Waals surface area contributed by atoms with Gasteiger partial charge in [-0.1, -0.05) is 12.1 Å². The van der Waals surface area contributed by atoms with E-state index in [1.165, 1.54) is 32.4 Å². The zero-order chi connectivity index (χ0) is 34.5. The SMILES string of the molecule is COc1cc(C(=O)NC2CCN(CC(F)F)CC2)ccc1Nc1ncc(C(F)(F)F)c(CCc2ccc(C)cc2N(C)S(C)(=O)=O)n1. The maximum Gasteiger partial charge on any atom is 0.419 e. The Labute approximate surface area is 270 Å². The number of benzene rings is 2. The van der Waals surface area contributed by atoms with Crippen LogP contribution in [0.3, 0.4) is 0 Å². The summed E-state index contributed by atoms with van der Waals surface area (Å²) in [5.74, 6) is -0.314. The number of hydrogen-bond acceptors (Lipinski definition) is 8. The number of ether oxygens (including phenoxy) is 1. The summed E-state index contributed by atoms with van der Waals surface area (Å²) < 4.78 is 98.1. The molecule has 4 rings (SSSR count). The second-order valence-corrected chi connectivity index (χ2v) is 13.4. The van der Waals surface area contributed by atoms with Crippen LogP contribution in [0.15, 0.2) is 42.6 Å². The summed E-state index contributed by atoms with van der Waals surface area (Å²) in [4.78, 5) is 22.6. The molecule has 47 heavy (non-hydrogen) atoms. The average Bonchev–Trinajstić information content (AvgIpc) is 3.00. The molecule has 1 saturated heterocycles. The highest BCUT2D eigenvalue weighted by atomic mass is 32.2. The first-order valence-corrected chi connectivity index (χ1v) is 16.6. The summed E-state index contributed by atoms with van der Waals surface area (Å²) in [5.41, 5.74) is 0.924. The van der Waals surface area contributed by atoms with Crippen LogP contribution in [-0.2, 0) is 29.0 Å². The molecule has 3 aromatic rings. The smallest absolute Gasteiger partial charge is 0.419 e. The first kappa shape index (κ1) is 35.8. The number of likely N-dealkylation sites (tertiary alicyclic amines) is 1. The molecule has 0 radical (unpaired) electrons. The molecule has 1 fully saturated rings. The van der Waals surface area contributed by atoms with Gasteiger partial charge in [0.15, 0.2) is 0 Å². The Morgan fingerprint density at radius 2 is 1.83 bits per heavy atom. The van der Waals surface area contributed by atoms with Crippen LogP contribution >= 0.6 is 0 Å². The molecule has 0 aliphatic carbocycles. The lowest BCUT2D eigenvalue weighted by molar-refractivity contribution is -0.138. The molecule has 1 aromatic heterocycles. The van der Waals surface area contributed by atoms with Crippen LogP contribution in [0, 0.1) is 6.92 Å². The molecular weight excluding hydrogens is 647 g/mol. The van der Waals surface area contributed by atoms with Gasteiger partial charge in [0.1, 0.15) is 5.75 Å². The predicted octanol–water partition coefficient (Wildman–Crippen LogP) is 5.20. The molecule has 16 heteroatoms. The van der Waals surface area contributed by atoms with Gasteiger partial charge in [0.05, 0.1) is 42.5 Å². The van der Waals surface area contributed by atoms with Crippen molar-refractivity contribution in [3.63, 3.8) is 0 Å². The van der Waals surface area contributed by atoms with E-state index in [2.05, 4.69) is 20.6 Å². The van der Waals surface area contributed by atoms with Gasteiger partial charge in [-0.25, -0.2) is 27.2 Å². The van der Waals surface area contributed by atoms with Crippen LogP contribution in [0.5, 0.6) is 5.75 Å². The number of aromatic nitrogens is 2. The topological polar surface area (TPSA) is 117 Å². The minimum absolute atomic E-state index is 0.0629. The molecule has 0 atom stereocenters. The largest absolute Gasteiger partial charge is 0.495 e. The van der Waals surface area contributed by atoms with Crippen LogP contribution in [0.2, 0.25) is 0 Å². The number of alkyl halides is 5. The normalized spacial score (nSPS) is 14.7. The van der Waals surface area contributed by atoms with Gasteiger partial charge in [0, 0.05) is 37.9 Å². The molecule has 0 saturated carbocycles. The Bertz CT molecular complexity index is 1680. The Hall–Kier alpha value is -4.05. The van der Waals surface area contributed by atoms with E-state index < -0.39 is 28.2 Å². The molecule has 0 bridgehead atoms. The van der Waals surface area contributed by atoms with Crippen molar-refractivity contribution >= 4 is 33.3 Å². The van der Waals surface area contributed by atoms with Crippen molar-refractivity contribution in [2.24, 2.45) is 0 Å². The van der Waals surface area contributed by atoms with Gasteiger partial charge in [-0.2, -0.15) is 13.2 Å². The summed E-state index contributed by atoms with van der Waals surface area (Å²) in [6, 6.07) is 9.40. The van der Waals surface area contributed by atoms with Crippen LogP contribution < -0.4 is 19.7 Å². The number of halogens is 5. The number of piperidine rings is 1. The van der Waals surface area contributed by atoms with Gasteiger partial charge in [0.2, 0.25) is 16.0 Å². The number of hydrogen-bond donors (Lipinski definition) is 2. The summed E-state index contributed by atoms with van der Waals surface area (Å²) in [6.07, 6.45) is -4.47. The fraction of sp³-hybridized carbons (Fsp3) is 0.452. The highest BCUT2D eigenvalue weighted by Crippen LogP contribution is 2.34. The van der Waals surface area contributed by atoms with E-state index in [0.29, 0.717) is 49.1 Å². The highest BCUT2D eigenvalue weighted by molar-refractivity contribution is 7.92. The molecule has 1 aliphatic heterocycles. The van der Waals surface area contributed by atoms with Crippen molar-refractivity contribution in [2.75, 3.05) is 49.7 Å². The van der Waals surface area contributed by atoms with Gasteiger partial charge >= 0.3 is 6.18 Å². The Kier molecular flexibility index (Phi) is 11.3. The monoisotopic (exact) mass is 684 g/mol. The molecule has 10 nitrogen and oxygen atoms in total. The number of carbonyl (C=O) groups is 1. The number of sulfonamides is 1. The fourth-order valence-corrected chi connectivity index (χ4v) is 5.82. The minimum atomic E-state index is -4.74. The third-order valence-corrected chi connectivity index (χ3v) is 9.10. The number of methoxy groups -OCH3 is 1. The van der Waals surface area contributed by atoms with E-state index in [-0.39, 0.29) is 54.3 Å². The van der Waals surface area contributed by atoms with Crippen LogP contribution in [0.1, 0.15) is 45.6 Å². The van der Waals surface area contributed by atoms with Gasteiger partial charge in [0.25, 0.3) is 12.3 Å². The first-order valence-electron chi connectivity index (χ1n) is 14.8. The van der Waals surface area contributed by atoms with Crippen LogP contribution in [0.4, 0.5) is 39.3 Å². The summed E-state index contributed by atoms with van der Waals surface area (Å²) in [6.45, 7) is 2.37.